The van der Waals surface area contributed by atoms with Crippen LogP contribution in [0, 0.1) is 0 Å². The number of carbonyl (C=O) groups excluding carboxylic acids is 1. The maximum Gasteiger partial charge on any atom is 0.258 e. The zero-order valence-electron chi connectivity index (χ0n) is 13.5. The molecule has 0 saturated carbocycles. The lowest BCUT2D eigenvalue weighted by atomic mass is 10.1. The molecule has 3 aliphatic rings. The Balaban J connectivity index is 1.53. The highest BCUT2D eigenvalue weighted by molar-refractivity contribution is 5.98. The minimum absolute atomic E-state index is 0.0917. The number of ether oxygens (including phenoxy) is 2. The van der Waals surface area contributed by atoms with Gasteiger partial charge in [-0.25, -0.2) is 0 Å². The van der Waals surface area contributed by atoms with Crippen LogP contribution in [0.25, 0.3) is 0 Å². The van der Waals surface area contributed by atoms with E-state index in [1.807, 2.05) is 23.1 Å². The van der Waals surface area contributed by atoms with Crippen LogP contribution in [-0.4, -0.2) is 61.1 Å². The van der Waals surface area contributed by atoms with Crippen molar-refractivity contribution < 1.29 is 14.3 Å². The smallest absolute Gasteiger partial charge is 0.258 e. The Morgan fingerprint density at radius 2 is 1.91 bits per heavy atom. The van der Waals surface area contributed by atoms with Crippen LogP contribution in [0.4, 0.5) is 0 Å². The van der Waals surface area contributed by atoms with Gasteiger partial charge in [0.1, 0.15) is 13.2 Å². The molecule has 4 rings (SSSR count). The number of carbonyl (C=O) groups is 1. The predicted molar refractivity (Wildman–Crippen MR) is 87.2 cm³/mol. The third kappa shape index (κ3) is 2.90. The van der Waals surface area contributed by atoms with Crippen LogP contribution in [0.1, 0.15) is 36.0 Å². The summed E-state index contributed by atoms with van der Waals surface area (Å²) >= 11 is 0. The lowest BCUT2D eigenvalue weighted by Gasteiger charge is -2.29. The Kier molecular flexibility index (Phi) is 4.12. The van der Waals surface area contributed by atoms with Gasteiger partial charge in [0, 0.05) is 19.1 Å². The van der Waals surface area contributed by atoms with E-state index in [1.165, 1.54) is 25.9 Å². The number of para-hydroxylation sites is 1. The normalized spacial score (nSPS) is 24.2. The first-order valence-electron chi connectivity index (χ1n) is 8.75. The van der Waals surface area contributed by atoms with Gasteiger partial charge in [-0.2, -0.15) is 0 Å². The molecule has 1 amide bonds. The molecular weight excluding hydrogens is 292 g/mol. The second-order valence-electron chi connectivity index (χ2n) is 6.63. The molecule has 0 aliphatic carbocycles. The zero-order chi connectivity index (χ0) is 15.6. The summed E-state index contributed by atoms with van der Waals surface area (Å²) in [5.41, 5.74) is 0.649. The van der Waals surface area contributed by atoms with Gasteiger partial charge in [0.25, 0.3) is 5.91 Å². The summed E-state index contributed by atoms with van der Waals surface area (Å²) in [6.45, 7) is 5.27. The molecule has 0 radical (unpaired) electrons. The third-order valence-electron chi connectivity index (χ3n) is 5.10. The maximum absolute atomic E-state index is 13.1. The number of hydrogen-bond donors (Lipinski definition) is 0. The van der Waals surface area contributed by atoms with Crippen molar-refractivity contribution in [3.63, 3.8) is 0 Å². The fourth-order valence-electron chi connectivity index (χ4n) is 3.95. The molecule has 3 heterocycles. The molecule has 0 aromatic heterocycles. The van der Waals surface area contributed by atoms with E-state index in [0.717, 1.165) is 25.9 Å². The van der Waals surface area contributed by atoms with Crippen LogP contribution in [0.3, 0.4) is 0 Å². The van der Waals surface area contributed by atoms with E-state index in [-0.39, 0.29) is 5.91 Å². The van der Waals surface area contributed by atoms with Crippen molar-refractivity contribution in [3.05, 3.63) is 23.8 Å². The number of amides is 1. The average Bonchev–Trinajstić information content (AvgIpc) is 3.26. The van der Waals surface area contributed by atoms with Crippen LogP contribution in [0.15, 0.2) is 18.2 Å². The number of hydrogen-bond acceptors (Lipinski definition) is 4. The Morgan fingerprint density at radius 1 is 1.09 bits per heavy atom. The van der Waals surface area contributed by atoms with Crippen LogP contribution >= 0.6 is 0 Å². The molecule has 1 aromatic carbocycles. The van der Waals surface area contributed by atoms with Gasteiger partial charge >= 0.3 is 0 Å². The largest absolute Gasteiger partial charge is 0.486 e. The number of rotatable bonds is 3. The lowest BCUT2D eigenvalue weighted by Crippen LogP contribution is -2.42. The van der Waals surface area contributed by atoms with E-state index in [2.05, 4.69) is 4.90 Å². The number of nitrogens with zero attached hydrogens (tertiary/aromatic N) is 2. The topological polar surface area (TPSA) is 42.0 Å². The van der Waals surface area contributed by atoms with Crippen LogP contribution in [-0.2, 0) is 0 Å². The summed E-state index contributed by atoms with van der Waals surface area (Å²) in [4.78, 5) is 17.6. The van der Waals surface area contributed by atoms with E-state index < -0.39 is 0 Å². The van der Waals surface area contributed by atoms with Crippen molar-refractivity contribution in [1.29, 1.82) is 0 Å². The first kappa shape index (κ1) is 14.8. The molecule has 5 heteroatoms. The van der Waals surface area contributed by atoms with Crippen molar-refractivity contribution in [1.82, 2.24) is 9.80 Å². The number of likely N-dealkylation sites (tertiary alicyclic amines) is 2. The van der Waals surface area contributed by atoms with E-state index in [4.69, 9.17) is 9.47 Å². The monoisotopic (exact) mass is 316 g/mol. The minimum Gasteiger partial charge on any atom is -0.486 e. The van der Waals surface area contributed by atoms with E-state index in [9.17, 15) is 4.79 Å². The molecule has 2 saturated heterocycles. The summed E-state index contributed by atoms with van der Waals surface area (Å²) in [6, 6.07) is 5.95. The van der Waals surface area contributed by atoms with Gasteiger partial charge in [-0.15, -0.1) is 0 Å². The first-order chi connectivity index (χ1) is 11.3. The van der Waals surface area contributed by atoms with Gasteiger partial charge in [0.05, 0.1) is 5.56 Å². The molecule has 124 valence electrons. The fourth-order valence-corrected chi connectivity index (χ4v) is 3.95. The Bertz CT molecular complexity index is 584. The first-order valence-corrected chi connectivity index (χ1v) is 8.75. The second kappa shape index (κ2) is 6.40. The summed E-state index contributed by atoms with van der Waals surface area (Å²) < 4.78 is 11.3. The van der Waals surface area contributed by atoms with Crippen molar-refractivity contribution in [2.24, 2.45) is 0 Å². The molecule has 23 heavy (non-hydrogen) atoms. The van der Waals surface area contributed by atoms with Crippen molar-refractivity contribution >= 4 is 5.91 Å². The van der Waals surface area contributed by atoms with E-state index in [1.54, 1.807) is 0 Å². The molecule has 1 unspecified atom stereocenters. The van der Waals surface area contributed by atoms with Gasteiger partial charge in [0.2, 0.25) is 0 Å². The average molecular weight is 316 g/mol. The Hall–Kier alpha value is -1.75. The SMILES string of the molecule is O=C(c1cccc2c1OCCO2)N1CCCC1CN1CCCC1. The van der Waals surface area contributed by atoms with Gasteiger partial charge in [-0.05, 0) is 50.9 Å². The molecule has 1 aromatic rings. The van der Waals surface area contributed by atoms with Crippen LogP contribution < -0.4 is 9.47 Å². The molecule has 1 atom stereocenters. The summed E-state index contributed by atoms with van der Waals surface area (Å²) in [7, 11) is 0. The predicted octanol–water partition coefficient (Wildman–Crippen LogP) is 2.16. The fraction of sp³-hybridized carbons (Fsp3) is 0.611. The summed E-state index contributed by atoms with van der Waals surface area (Å²) in [5.74, 6) is 1.40. The molecular formula is C18H24N2O3. The zero-order valence-corrected chi connectivity index (χ0v) is 13.5. The molecule has 0 bridgehead atoms. The van der Waals surface area contributed by atoms with Crippen molar-refractivity contribution in [2.45, 2.75) is 31.7 Å². The highest BCUT2D eigenvalue weighted by atomic mass is 16.6. The quantitative estimate of drug-likeness (QED) is 0.857. The Labute approximate surface area is 137 Å². The van der Waals surface area contributed by atoms with E-state index >= 15 is 0 Å². The van der Waals surface area contributed by atoms with Crippen LogP contribution in [0.2, 0.25) is 0 Å². The van der Waals surface area contributed by atoms with Gasteiger partial charge < -0.3 is 19.3 Å². The molecule has 0 N–H and O–H groups in total. The Morgan fingerprint density at radius 3 is 2.78 bits per heavy atom. The lowest BCUT2D eigenvalue weighted by molar-refractivity contribution is 0.0698. The number of fused-ring (bicyclic) bond motifs is 1. The second-order valence-corrected chi connectivity index (χ2v) is 6.63. The van der Waals surface area contributed by atoms with Crippen LogP contribution in [0.5, 0.6) is 11.5 Å². The number of benzene rings is 1. The minimum atomic E-state index is 0.0917. The van der Waals surface area contributed by atoms with Crippen molar-refractivity contribution in [2.75, 3.05) is 39.4 Å². The summed E-state index contributed by atoms with van der Waals surface area (Å²) in [6.07, 6.45) is 4.78. The third-order valence-corrected chi connectivity index (χ3v) is 5.10. The van der Waals surface area contributed by atoms with Gasteiger partial charge in [0.15, 0.2) is 11.5 Å². The highest BCUT2D eigenvalue weighted by Gasteiger charge is 2.33. The van der Waals surface area contributed by atoms with Gasteiger partial charge in [-0.3, -0.25) is 4.79 Å². The molecule has 5 nitrogen and oxygen atoms in total. The maximum atomic E-state index is 13.1. The molecule has 0 spiro atoms. The molecule has 3 aliphatic heterocycles. The van der Waals surface area contributed by atoms with Crippen molar-refractivity contribution in [3.8, 4) is 11.5 Å². The van der Waals surface area contributed by atoms with Gasteiger partial charge in [-0.1, -0.05) is 6.07 Å². The summed E-state index contributed by atoms with van der Waals surface area (Å²) in [5, 5.41) is 0. The standard InChI is InChI=1S/C18H24N2O3/c21-18(15-6-3-7-16-17(15)23-12-11-22-16)20-10-4-5-14(20)13-19-8-1-2-9-19/h3,6-7,14H,1-2,4-5,8-13H2. The van der Waals surface area contributed by atoms with E-state index in [0.29, 0.717) is 36.3 Å². The molecule has 2 fully saturated rings. The highest BCUT2D eigenvalue weighted by Crippen LogP contribution is 2.35.